The fraction of sp³-hybridized carbons (Fsp3) is 0.625. The molecule has 3 aromatic carbocycles. The average Bonchev–Trinajstić information content (AvgIpc) is 3.21. The zero-order valence-electron chi connectivity index (χ0n) is 34.2. The van der Waals surface area contributed by atoms with Gasteiger partial charge in [-0.3, -0.25) is 0 Å². The summed E-state index contributed by atoms with van der Waals surface area (Å²) >= 11 is 0. The van der Waals surface area contributed by atoms with Crippen molar-refractivity contribution in [2.24, 2.45) is 0 Å². The van der Waals surface area contributed by atoms with E-state index in [1.165, 1.54) is 114 Å². The lowest BCUT2D eigenvalue weighted by atomic mass is 9.85. The van der Waals surface area contributed by atoms with Gasteiger partial charge in [0.15, 0.2) is 0 Å². The topological polar surface area (TPSA) is 55.4 Å². The maximum Gasteiger partial charge on any atom is 0.123 e. The van der Waals surface area contributed by atoms with E-state index in [0.29, 0.717) is 46.2 Å². The van der Waals surface area contributed by atoms with E-state index < -0.39 is 0 Å². The highest BCUT2D eigenvalue weighted by molar-refractivity contribution is 5.49. The van der Waals surface area contributed by atoms with Crippen molar-refractivity contribution in [3.05, 3.63) is 102 Å². The second-order valence-electron chi connectivity index (χ2n) is 14.7. The highest BCUT2D eigenvalue weighted by Gasteiger charge is 2.20. The Kier molecular flexibility index (Phi) is 26.6. The Hall–Kier alpha value is -2.74. The molecule has 2 unspecified atom stereocenters. The molecule has 0 amide bonds. The summed E-state index contributed by atoms with van der Waals surface area (Å²) in [5, 5.41) is 0. The fourth-order valence-corrected chi connectivity index (χ4v) is 7.04. The maximum atomic E-state index is 6.26. The Labute approximate surface area is 329 Å². The molecule has 54 heavy (non-hydrogen) atoms. The zero-order chi connectivity index (χ0) is 38.2. The molecule has 2 atom stereocenters. The van der Waals surface area contributed by atoms with Gasteiger partial charge in [-0.15, -0.1) is 0 Å². The molecule has 0 aromatic heterocycles. The SMILES string of the molecule is CCCCCCCCCCCCCCCCCCC(COCC(COCCOCCOc1ccccc1C(c1ccccc1)c1ccccc1)OC)OC. The Morgan fingerprint density at radius 2 is 0.870 bits per heavy atom. The largest absolute Gasteiger partial charge is 0.491 e. The van der Waals surface area contributed by atoms with Crippen LogP contribution in [0.3, 0.4) is 0 Å². The third-order valence-electron chi connectivity index (χ3n) is 10.3. The first-order chi connectivity index (χ1) is 26.8. The molecule has 3 aromatic rings. The van der Waals surface area contributed by atoms with Gasteiger partial charge in [0.05, 0.1) is 45.7 Å². The average molecular weight is 747 g/mol. The summed E-state index contributed by atoms with van der Waals surface area (Å²) in [6, 6.07) is 29.5. The highest BCUT2D eigenvalue weighted by Crippen LogP contribution is 2.37. The first-order valence-corrected chi connectivity index (χ1v) is 21.4. The summed E-state index contributed by atoms with van der Waals surface area (Å²) < 4.78 is 35.2. The quantitative estimate of drug-likeness (QED) is 0.0441. The van der Waals surface area contributed by atoms with Crippen molar-refractivity contribution in [2.75, 3.05) is 60.5 Å². The van der Waals surface area contributed by atoms with Gasteiger partial charge in [0, 0.05) is 25.7 Å². The monoisotopic (exact) mass is 747 g/mol. The summed E-state index contributed by atoms with van der Waals surface area (Å²) in [7, 11) is 3.49. The van der Waals surface area contributed by atoms with Crippen LogP contribution in [-0.4, -0.2) is 72.7 Å². The van der Waals surface area contributed by atoms with Crippen LogP contribution in [0.15, 0.2) is 84.9 Å². The van der Waals surface area contributed by atoms with Crippen LogP contribution in [0.1, 0.15) is 139 Å². The minimum absolute atomic E-state index is 0.0830. The standard InChI is InChI=1S/C48H74O6/c1-4-5-6-7-8-9-10-11-12-13-14-15-16-17-18-25-32-44(49-2)39-53-41-45(50-3)40-52-36-35-51-37-38-54-47-34-27-26-33-46(47)48(42-28-21-19-22-29-42)43-30-23-20-24-31-43/h19-24,26-31,33-34,44-45,48H,4-18,25,32,35-41H2,1-3H3. The van der Waals surface area contributed by atoms with Crippen molar-refractivity contribution >= 4 is 0 Å². The Morgan fingerprint density at radius 1 is 0.426 bits per heavy atom. The number of ether oxygens (including phenoxy) is 6. The summed E-state index contributed by atoms with van der Waals surface area (Å²) in [4.78, 5) is 0. The molecule has 0 aliphatic carbocycles. The highest BCUT2D eigenvalue weighted by atomic mass is 16.6. The molecule has 3 rings (SSSR count). The van der Waals surface area contributed by atoms with Gasteiger partial charge in [-0.25, -0.2) is 0 Å². The predicted molar refractivity (Wildman–Crippen MR) is 224 cm³/mol. The second-order valence-corrected chi connectivity index (χ2v) is 14.7. The molecule has 6 nitrogen and oxygen atoms in total. The molecule has 0 saturated carbocycles. The van der Waals surface area contributed by atoms with E-state index in [9.17, 15) is 0 Å². The van der Waals surface area contributed by atoms with Gasteiger partial charge in [-0.2, -0.15) is 0 Å². The van der Waals surface area contributed by atoms with E-state index >= 15 is 0 Å². The fourth-order valence-electron chi connectivity index (χ4n) is 7.04. The van der Waals surface area contributed by atoms with Crippen LogP contribution in [0.5, 0.6) is 5.75 Å². The van der Waals surface area contributed by atoms with Crippen molar-refractivity contribution in [1.29, 1.82) is 0 Å². The molecular formula is C48H74O6. The first-order valence-electron chi connectivity index (χ1n) is 21.4. The van der Waals surface area contributed by atoms with Crippen molar-refractivity contribution in [1.82, 2.24) is 0 Å². The van der Waals surface area contributed by atoms with Gasteiger partial charge in [0.2, 0.25) is 0 Å². The smallest absolute Gasteiger partial charge is 0.123 e. The Bertz CT molecular complexity index is 1210. The molecule has 0 aliphatic heterocycles. The molecule has 6 heteroatoms. The van der Waals surface area contributed by atoms with Crippen molar-refractivity contribution in [3.63, 3.8) is 0 Å². The summed E-state index contributed by atoms with van der Waals surface area (Å²) in [5.74, 6) is 0.957. The second kappa shape index (κ2) is 31.5. The van der Waals surface area contributed by atoms with E-state index in [0.717, 1.165) is 17.7 Å². The van der Waals surface area contributed by atoms with E-state index in [2.05, 4.69) is 79.7 Å². The molecule has 0 bridgehead atoms. The number of para-hydroxylation sites is 1. The molecule has 302 valence electrons. The zero-order valence-corrected chi connectivity index (χ0v) is 34.2. The maximum absolute atomic E-state index is 6.26. The van der Waals surface area contributed by atoms with E-state index in [1.807, 2.05) is 12.1 Å². The van der Waals surface area contributed by atoms with E-state index in [4.69, 9.17) is 28.4 Å². The minimum Gasteiger partial charge on any atom is -0.491 e. The number of methoxy groups -OCH3 is 2. The Morgan fingerprint density at radius 3 is 1.43 bits per heavy atom. The van der Waals surface area contributed by atoms with Gasteiger partial charge < -0.3 is 28.4 Å². The molecule has 0 radical (unpaired) electrons. The molecule has 0 N–H and O–H groups in total. The number of unbranched alkanes of at least 4 members (excludes halogenated alkanes) is 15. The van der Waals surface area contributed by atoms with Crippen molar-refractivity contribution < 1.29 is 28.4 Å². The minimum atomic E-state index is -0.125. The lowest BCUT2D eigenvalue weighted by molar-refractivity contribution is -0.0690. The van der Waals surface area contributed by atoms with Crippen LogP contribution in [0.2, 0.25) is 0 Å². The molecule has 0 saturated heterocycles. The molecular weight excluding hydrogens is 673 g/mol. The predicted octanol–water partition coefficient (Wildman–Crippen LogP) is 12.0. The number of hydrogen-bond donors (Lipinski definition) is 0. The van der Waals surface area contributed by atoms with Crippen molar-refractivity contribution in [2.45, 2.75) is 134 Å². The normalized spacial score (nSPS) is 12.7. The molecule has 0 spiro atoms. The van der Waals surface area contributed by atoms with Gasteiger partial charge >= 0.3 is 0 Å². The number of rotatable bonds is 35. The van der Waals surface area contributed by atoms with Crippen LogP contribution in [0, 0.1) is 0 Å². The summed E-state index contributed by atoms with van der Waals surface area (Å²) in [6.45, 7) is 5.73. The lowest BCUT2D eigenvalue weighted by Crippen LogP contribution is -2.28. The Balaban J connectivity index is 1.18. The first kappa shape index (κ1) is 45.6. The molecule has 0 aliphatic rings. The van der Waals surface area contributed by atoms with Crippen LogP contribution in [0.4, 0.5) is 0 Å². The summed E-state index contributed by atoms with van der Waals surface area (Å²) in [5.41, 5.74) is 3.61. The van der Waals surface area contributed by atoms with Crippen molar-refractivity contribution in [3.8, 4) is 5.75 Å². The van der Waals surface area contributed by atoms with E-state index in [1.54, 1.807) is 14.2 Å². The van der Waals surface area contributed by atoms with Crippen LogP contribution in [-0.2, 0) is 23.7 Å². The third-order valence-corrected chi connectivity index (χ3v) is 10.3. The summed E-state index contributed by atoms with van der Waals surface area (Å²) in [6.07, 6.45) is 23.2. The van der Waals surface area contributed by atoms with Gasteiger partial charge in [-0.1, -0.05) is 189 Å². The molecule has 0 fully saturated rings. The molecule has 0 heterocycles. The van der Waals surface area contributed by atoms with Gasteiger partial charge in [0.25, 0.3) is 0 Å². The van der Waals surface area contributed by atoms with E-state index in [-0.39, 0.29) is 18.1 Å². The number of benzene rings is 3. The van der Waals surface area contributed by atoms with Crippen LogP contribution >= 0.6 is 0 Å². The number of hydrogen-bond acceptors (Lipinski definition) is 6. The lowest BCUT2D eigenvalue weighted by Gasteiger charge is -2.22. The van der Waals surface area contributed by atoms with Gasteiger partial charge in [-0.05, 0) is 23.6 Å². The third kappa shape index (κ3) is 20.3. The van der Waals surface area contributed by atoms with Gasteiger partial charge in [0.1, 0.15) is 18.5 Å². The van der Waals surface area contributed by atoms with Crippen LogP contribution < -0.4 is 4.74 Å². The van der Waals surface area contributed by atoms with Crippen LogP contribution in [0.25, 0.3) is 0 Å².